The highest BCUT2D eigenvalue weighted by Crippen LogP contribution is 2.20. The molecule has 0 N–H and O–H groups in total. The fourth-order valence-electron chi connectivity index (χ4n) is 1.95. The maximum absolute atomic E-state index is 3.80. The number of rotatable bonds is 3. The van der Waals surface area contributed by atoms with Gasteiger partial charge in [-0.2, -0.15) is 0 Å². The maximum atomic E-state index is 3.80. The van der Waals surface area contributed by atoms with Gasteiger partial charge in [0.05, 0.1) is 0 Å². The molecular weight excluding hydrogens is 194 g/mol. The van der Waals surface area contributed by atoms with Gasteiger partial charge in [-0.3, -0.25) is 4.99 Å². The molecule has 0 saturated heterocycles. The van der Waals surface area contributed by atoms with Gasteiger partial charge < -0.3 is 0 Å². The van der Waals surface area contributed by atoms with Gasteiger partial charge in [0.2, 0.25) is 0 Å². The second-order valence-corrected chi connectivity index (χ2v) is 3.97. The topological polar surface area (TPSA) is 12.4 Å². The Labute approximate surface area is 96.1 Å². The molecule has 16 heavy (non-hydrogen) atoms. The predicted octanol–water partition coefficient (Wildman–Crippen LogP) is 3.99. The molecule has 0 unspecified atom stereocenters. The fourth-order valence-corrected chi connectivity index (χ4v) is 1.95. The molecule has 2 rings (SSSR count). The fraction of sp³-hybridized carbons (Fsp3) is 0.133. The monoisotopic (exact) mass is 209 g/mol. The zero-order chi connectivity index (χ0) is 11.4. The van der Waals surface area contributed by atoms with Crippen LogP contribution in [0.4, 0.5) is 0 Å². The summed E-state index contributed by atoms with van der Waals surface area (Å²) in [4.78, 5) is 3.80. The molecule has 0 saturated carbocycles. The van der Waals surface area contributed by atoms with Gasteiger partial charge in [0.25, 0.3) is 0 Å². The molecule has 0 fully saturated rings. The first-order valence-electron chi connectivity index (χ1n) is 5.39. The third-order valence-electron chi connectivity index (χ3n) is 2.66. The minimum absolute atomic E-state index is 0.931. The number of hydrogen-bond acceptors (Lipinski definition) is 1. The Hall–Kier alpha value is -1.89. The summed E-state index contributed by atoms with van der Waals surface area (Å²) in [7, 11) is 0. The SMILES string of the molecule is C=N/C=C(\C)Cc1cccc2ccccc12. The van der Waals surface area contributed by atoms with E-state index in [1.807, 2.05) is 6.20 Å². The van der Waals surface area contributed by atoms with Crippen molar-refractivity contribution in [3.8, 4) is 0 Å². The largest absolute Gasteiger partial charge is 0.273 e. The number of fused-ring (bicyclic) bond motifs is 1. The summed E-state index contributed by atoms with van der Waals surface area (Å²) in [6, 6.07) is 14.9. The highest BCUT2D eigenvalue weighted by molar-refractivity contribution is 5.85. The van der Waals surface area contributed by atoms with E-state index in [0.717, 1.165) is 6.42 Å². The molecule has 1 heteroatoms. The molecule has 0 spiro atoms. The summed E-state index contributed by atoms with van der Waals surface area (Å²) in [5.74, 6) is 0. The first-order chi connectivity index (χ1) is 7.81. The van der Waals surface area contributed by atoms with Crippen molar-refractivity contribution in [3.63, 3.8) is 0 Å². The molecule has 0 aromatic heterocycles. The molecule has 80 valence electrons. The lowest BCUT2D eigenvalue weighted by Gasteiger charge is -2.06. The smallest absolute Gasteiger partial charge is 0.0253 e. The number of aliphatic imine (C=N–C) groups is 1. The number of allylic oxidation sites excluding steroid dienone is 1. The molecule has 0 aliphatic heterocycles. The highest BCUT2D eigenvalue weighted by Gasteiger charge is 2.00. The summed E-state index contributed by atoms with van der Waals surface area (Å²) in [5, 5.41) is 2.61. The summed E-state index contributed by atoms with van der Waals surface area (Å²) in [6.07, 6.45) is 2.75. The summed E-state index contributed by atoms with van der Waals surface area (Å²) in [5.41, 5.74) is 2.57. The molecule has 0 bridgehead atoms. The summed E-state index contributed by atoms with van der Waals surface area (Å²) in [6.45, 7) is 5.56. The molecular formula is C15H15N. The van der Waals surface area contributed by atoms with Crippen LogP contribution in [0.15, 0.2) is 59.2 Å². The van der Waals surface area contributed by atoms with Crippen LogP contribution >= 0.6 is 0 Å². The van der Waals surface area contributed by atoms with Gasteiger partial charge in [0.15, 0.2) is 0 Å². The lowest BCUT2D eigenvalue weighted by Crippen LogP contribution is -1.88. The van der Waals surface area contributed by atoms with Crippen LogP contribution in [0.25, 0.3) is 10.8 Å². The standard InChI is InChI=1S/C15H15N/c1-12(11-16-2)10-14-8-5-7-13-6-3-4-9-15(13)14/h3-9,11H,2,10H2,1H3/b12-11+. The molecule has 1 nitrogen and oxygen atoms in total. The van der Waals surface area contributed by atoms with E-state index in [9.17, 15) is 0 Å². The Morgan fingerprint density at radius 2 is 1.94 bits per heavy atom. The quantitative estimate of drug-likeness (QED) is 0.678. The Balaban J connectivity index is 2.44. The van der Waals surface area contributed by atoms with Crippen LogP contribution in [-0.4, -0.2) is 6.72 Å². The van der Waals surface area contributed by atoms with Gasteiger partial charge in [0, 0.05) is 6.20 Å². The van der Waals surface area contributed by atoms with Crippen LogP contribution in [-0.2, 0) is 6.42 Å². The second kappa shape index (κ2) is 4.75. The molecule has 0 amide bonds. The zero-order valence-corrected chi connectivity index (χ0v) is 9.48. The first kappa shape index (κ1) is 10.6. The Morgan fingerprint density at radius 3 is 2.75 bits per heavy atom. The van der Waals surface area contributed by atoms with E-state index in [1.165, 1.54) is 21.9 Å². The molecule has 0 heterocycles. The maximum Gasteiger partial charge on any atom is 0.0253 e. The lowest BCUT2D eigenvalue weighted by atomic mass is 9.99. The molecule has 0 aliphatic rings. The van der Waals surface area contributed by atoms with Crippen LogP contribution in [0.3, 0.4) is 0 Å². The minimum Gasteiger partial charge on any atom is -0.273 e. The van der Waals surface area contributed by atoms with Crippen LogP contribution in [0.2, 0.25) is 0 Å². The third kappa shape index (κ3) is 2.19. The van der Waals surface area contributed by atoms with Crippen molar-refractivity contribution < 1.29 is 0 Å². The summed E-state index contributed by atoms with van der Waals surface area (Å²) >= 11 is 0. The van der Waals surface area contributed by atoms with Crippen LogP contribution in [0.1, 0.15) is 12.5 Å². The average Bonchev–Trinajstić information content (AvgIpc) is 2.30. The van der Waals surface area contributed by atoms with Crippen molar-refractivity contribution in [2.75, 3.05) is 0 Å². The predicted molar refractivity (Wildman–Crippen MR) is 71.0 cm³/mol. The van der Waals surface area contributed by atoms with Gasteiger partial charge >= 0.3 is 0 Å². The Kier molecular flexibility index (Phi) is 3.16. The zero-order valence-electron chi connectivity index (χ0n) is 9.48. The number of benzene rings is 2. The van der Waals surface area contributed by atoms with Crippen LogP contribution in [0.5, 0.6) is 0 Å². The summed E-state index contributed by atoms with van der Waals surface area (Å²) < 4.78 is 0. The molecule has 2 aromatic carbocycles. The van der Waals surface area contributed by atoms with Crippen molar-refractivity contribution >= 4 is 17.5 Å². The van der Waals surface area contributed by atoms with E-state index in [0.29, 0.717) is 0 Å². The third-order valence-corrected chi connectivity index (χ3v) is 2.66. The van der Waals surface area contributed by atoms with E-state index in [4.69, 9.17) is 0 Å². The van der Waals surface area contributed by atoms with Crippen molar-refractivity contribution in [3.05, 3.63) is 59.8 Å². The first-order valence-corrected chi connectivity index (χ1v) is 5.39. The van der Waals surface area contributed by atoms with Crippen molar-refractivity contribution in [2.45, 2.75) is 13.3 Å². The Bertz CT molecular complexity index is 533. The van der Waals surface area contributed by atoms with E-state index >= 15 is 0 Å². The van der Waals surface area contributed by atoms with Gasteiger partial charge in [-0.05, 0) is 36.4 Å². The molecule has 0 atom stereocenters. The Morgan fingerprint density at radius 1 is 1.19 bits per heavy atom. The average molecular weight is 209 g/mol. The molecule has 0 radical (unpaired) electrons. The van der Waals surface area contributed by atoms with Gasteiger partial charge in [0.1, 0.15) is 0 Å². The second-order valence-electron chi connectivity index (χ2n) is 3.97. The van der Waals surface area contributed by atoms with Crippen molar-refractivity contribution in [1.29, 1.82) is 0 Å². The number of hydrogen-bond donors (Lipinski definition) is 0. The van der Waals surface area contributed by atoms with E-state index in [1.54, 1.807) is 0 Å². The van der Waals surface area contributed by atoms with Crippen molar-refractivity contribution in [2.24, 2.45) is 4.99 Å². The van der Waals surface area contributed by atoms with Crippen LogP contribution < -0.4 is 0 Å². The van der Waals surface area contributed by atoms with Gasteiger partial charge in [-0.1, -0.05) is 48.0 Å². The van der Waals surface area contributed by atoms with Gasteiger partial charge in [-0.15, -0.1) is 0 Å². The molecule has 2 aromatic rings. The number of nitrogens with zero attached hydrogens (tertiary/aromatic N) is 1. The molecule has 0 aliphatic carbocycles. The lowest BCUT2D eigenvalue weighted by molar-refractivity contribution is 1.14. The minimum atomic E-state index is 0.931. The van der Waals surface area contributed by atoms with Gasteiger partial charge in [-0.25, -0.2) is 0 Å². The van der Waals surface area contributed by atoms with E-state index < -0.39 is 0 Å². The van der Waals surface area contributed by atoms with Crippen molar-refractivity contribution in [1.82, 2.24) is 0 Å². The highest BCUT2D eigenvalue weighted by atomic mass is 14.6. The van der Waals surface area contributed by atoms with Crippen LogP contribution in [0, 0.1) is 0 Å². The van der Waals surface area contributed by atoms with E-state index in [2.05, 4.69) is 61.1 Å². The normalized spacial score (nSPS) is 11.7. The van der Waals surface area contributed by atoms with E-state index in [-0.39, 0.29) is 0 Å².